The Labute approximate surface area is 181 Å². The normalized spacial score (nSPS) is 14.7. The van der Waals surface area contributed by atoms with Crippen molar-refractivity contribution < 1.29 is 27.4 Å². The van der Waals surface area contributed by atoms with Crippen molar-refractivity contribution in [2.24, 2.45) is 0 Å². The number of halogens is 2. The summed E-state index contributed by atoms with van der Waals surface area (Å²) in [7, 11) is -3.76. The van der Waals surface area contributed by atoms with Crippen molar-refractivity contribution in [3.8, 4) is 0 Å². The maximum Gasteiger partial charge on any atom is 0.302 e. The first kappa shape index (κ1) is 23.2. The van der Waals surface area contributed by atoms with Crippen LogP contribution in [0.1, 0.15) is 12.0 Å². The predicted octanol–water partition coefficient (Wildman–Crippen LogP) is 1.85. The van der Waals surface area contributed by atoms with E-state index >= 15 is 0 Å². The van der Waals surface area contributed by atoms with E-state index in [-0.39, 0.29) is 35.5 Å². The standard InChI is InChI=1S/C17H20F2N4O4S3/c18-13-4-1-3-11(16(13)19)10-28-17-20-14(22-30(26,27)23-5-2-6-23)7-15(21-17)29-12(8-24)9-25/h1,3-4,7,12,24-25H,2,5-6,8-10H2,(H,20,21,22). The summed E-state index contributed by atoms with van der Waals surface area (Å²) in [5, 5.41) is 18.5. The van der Waals surface area contributed by atoms with Crippen molar-refractivity contribution in [1.29, 1.82) is 0 Å². The molecule has 0 amide bonds. The first-order valence-corrected chi connectivity index (χ1v) is 12.2. The number of nitrogens with one attached hydrogen (secondary N) is 1. The highest BCUT2D eigenvalue weighted by Gasteiger charge is 2.28. The monoisotopic (exact) mass is 478 g/mol. The van der Waals surface area contributed by atoms with Gasteiger partial charge in [0, 0.05) is 30.5 Å². The smallest absolute Gasteiger partial charge is 0.302 e. The van der Waals surface area contributed by atoms with Gasteiger partial charge in [-0.2, -0.15) is 12.7 Å². The third-order valence-corrected chi connectivity index (χ3v) is 7.64. The van der Waals surface area contributed by atoms with E-state index in [0.29, 0.717) is 18.1 Å². The van der Waals surface area contributed by atoms with E-state index in [1.807, 2.05) is 0 Å². The Morgan fingerprint density at radius 1 is 1.20 bits per heavy atom. The molecule has 1 aliphatic rings. The van der Waals surface area contributed by atoms with Gasteiger partial charge in [-0.1, -0.05) is 35.7 Å². The van der Waals surface area contributed by atoms with E-state index in [9.17, 15) is 27.4 Å². The average molecular weight is 479 g/mol. The van der Waals surface area contributed by atoms with Crippen molar-refractivity contribution in [2.45, 2.75) is 27.6 Å². The number of aliphatic hydroxyl groups is 2. The fraction of sp³-hybridized carbons (Fsp3) is 0.412. The van der Waals surface area contributed by atoms with Crippen LogP contribution in [0.15, 0.2) is 34.4 Å². The minimum absolute atomic E-state index is 0.0104. The summed E-state index contributed by atoms with van der Waals surface area (Å²) in [6, 6.07) is 5.24. The molecule has 2 aromatic rings. The van der Waals surface area contributed by atoms with Crippen molar-refractivity contribution >= 4 is 39.6 Å². The van der Waals surface area contributed by atoms with Crippen LogP contribution in [0.2, 0.25) is 0 Å². The molecule has 8 nitrogen and oxygen atoms in total. The molecule has 0 aliphatic carbocycles. The number of rotatable bonds is 10. The lowest BCUT2D eigenvalue weighted by Gasteiger charge is -2.29. The van der Waals surface area contributed by atoms with Crippen LogP contribution < -0.4 is 4.72 Å². The Bertz CT molecular complexity index is 989. The summed E-state index contributed by atoms with van der Waals surface area (Å²) < 4.78 is 55.7. The minimum atomic E-state index is -3.76. The van der Waals surface area contributed by atoms with Crippen LogP contribution in [0.25, 0.3) is 0 Å². The third kappa shape index (κ3) is 5.80. The third-order valence-electron chi connectivity index (χ3n) is 4.15. The van der Waals surface area contributed by atoms with Gasteiger partial charge in [-0.25, -0.2) is 18.7 Å². The molecule has 3 rings (SSSR count). The first-order chi connectivity index (χ1) is 14.3. The van der Waals surface area contributed by atoms with Crippen LogP contribution in [-0.4, -0.2) is 64.5 Å². The van der Waals surface area contributed by atoms with E-state index in [2.05, 4.69) is 14.7 Å². The molecule has 0 saturated carbocycles. The zero-order valence-corrected chi connectivity index (χ0v) is 18.1. The van der Waals surface area contributed by atoms with Crippen LogP contribution >= 0.6 is 23.5 Å². The Kier molecular flexibility index (Phi) is 7.87. The lowest BCUT2D eigenvalue weighted by molar-refractivity contribution is 0.228. The molecule has 1 aromatic carbocycles. The maximum atomic E-state index is 13.9. The van der Waals surface area contributed by atoms with E-state index < -0.39 is 27.1 Å². The van der Waals surface area contributed by atoms with Gasteiger partial charge in [-0.3, -0.25) is 4.72 Å². The molecule has 3 N–H and O–H groups in total. The van der Waals surface area contributed by atoms with Gasteiger partial charge in [0.05, 0.1) is 18.5 Å². The van der Waals surface area contributed by atoms with Gasteiger partial charge in [0.15, 0.2) is 16.8 Å². The van der Waals surface area contributed by atoms with Crippen LogP contribution in [-0.2, 0) is 16.0 Å². The molecule has 164 valence electrons. The van der Waals surface area contributed by atoms with Crippen molar-refractivity contribution in [3.05, 3.63) is 41.5 Å². The summed E-state index contributed by atoms with van der Waals surface area (Å²) in [4.78, 5) is 8.44. The summed E-state index contributed by atoms with van der Waals surface area (Å²) in [5.74, 6) is -1.89. The quantitative estimate of drug-likeness (QED) is 0.269. The Morgan fingerprint density at radius 2 is 1.93 bits per heavy atom. The molecule has 0 atom stereocenters. The van der Waals surface area contributed by atoms with Crippen LogP contribution in [0.4, 0.5) is 14.6 Å². The van der Waals surface area contributed by atoms with Gasteiger partial charge in [-0.05, 0) is 12.5 Å². The number of aliphatic hydroxyl groups excluding tert-OH is 2. The van der Waals surface area contributed by atoms with Gasteiger partial charge in [0.25, 0.3) is 0 Å². The molecule has 0 spiro atoms. The van der Waals surface area contributed by atoms with E-state index in [4.69, 9.17) is 0 Å². The van der Waals surface area contributed by atoms with Gasteiger partial charge in [0.2, 0.25) is 0 Å². The van der Waals surface area contributed by atoms with E-state index in [0.717, 1.165) is 36.0 Å². The molecule has 2 heterocycles. The molecule has 1 fully saturated rings. The minimum Gasteiger partial charge on any atom is -0.395 e. The summed E-state index contributed by atoms with van der Waals surface area (Å²) in [6.07, 6.45) is 0.779. The zero-order valence-electron chi connectivity index (χ0n) is 15.7. The van der Waals surface area contributed by atoms with Crippen LogP contribution in [0.5, 0.6) is 0 Å². The fourth-order valence-electron chi connectivity index (χ4n) is 2.41. The number of hydrogen-bond acceptors (Lipinski definition) is 8. The molecule has 0 radical (unpaired) electrons. The molecule has 13 heteroatoms. The SMILES string of the molecule is O=S(=O)(Nc1cc(SC(CO)CO)nc(SCc2cccc(F)c2F)n1)N1CCC1. The number of aromatic nitrogens is 2. The maximum absolute atomic E-state index is 13.9. The summed E-state index contributed by atoms with van der Waals surface area (Å²) in [6.45, 7) is 0.215. The number of benzene rings is 1. The van der Waals surface area contributed by atoms with Crippen LogP contribution in [0.3, 0.4) is 0 Å². The largest absolute Gasteiger partial charge is 0.395 e. The molecule has 0 unspecified atom stereocenters. The molecule has 30 heavy (non-hydrogen) atoms. The zero-order chi connectivity index (χ0) is 21.7. The highest BCUT2D eigenvalue weighted by atomic mass is 32.2. The van der Waals surface area contributed by atoms with Crippen molar-refractivity contribution in [3.63, 3.8) is 0 Å². The summed E-state index contributed by atoms with van der Waals surface area (Å²) >= 11 is 2.06. The second-order valence-corrected chi connectivity index (χ2v) is 10.3. The highest BCUT2D eigenvalue weighted by Crippen LogP contribution is 2.29. The Morgan fingerprint density at radius 3 is 2.57 bits per heavy atom. The predicted molar refractivity (Wildman–Crippen MR) is 111 cm³/mol. The van der Waals surface area contributed by atoms with Crippen LogP contribution in [0, 0.1) is 11.6 Å². The van der Waals surface area contributed by atoms with E-state index in [1.165, 1.54) is 22.5 Å². The number of nitrogens with zero attached hydrogens (tertiary/aromatic N) is 3. The first-order valence-electron chi connectivity index (χ1n) is 8.93. The van der Waals surface area contributed by atoms with Crippen molar-refractivity contribution in [1.82, 2.24) is 14.3 Å². The lowest BCUT2D eigenvalue weighted by atomic mass is 10.2. The van der Waals surface area contributed by atoms with Gasteiger partial charge < -0.3 is 10.2 Å². The van der Waals surface area contributed by atoms with Gasteiger partial charge in [-0.15, -0.1) is 0 Å². The highest BCUT2D eigenvalue weighted by molar-refractivity contribution is 8.00. The number of anilines is 1. The average Bonchev–Trinajstić information content (AvgIpc) is 2.65. The van der Waals surface area contributed by atoms with Gasteiger partial charge >= 0.3 is 10.2 Å². The molecular formula is C17H20F2N4O4S3. The molecule has 1 aromatic heterocycles. The second kappa shape index (κ2) is 10.2. The Balaban J connectivity index is 1.83. The topological polar surface area (TPSA) is 116 Å². The number of thioether (sulfide) groups is 2. The van der Waals surface area contributed by atoms with E-state index in [1.54, 1.807) is 0 Å². The fourth-order valence-corrected chi connectivity index (χ4v) is 5.35. The van der Waals surface area contributed by atoms with Crippen molar-refractivity contribution in [2.75, 3.05) is 31.0 Å². The second-order valence-electron chi connectivity index (χ2n) is 6.34. The lowest BCUT2D eigenvalue weighted by Crippen LogP contribution is -2.45. The Hall–Kier alpha value is -1.51. The molecular weight excluding hydrogens is 458 g/mol. The van der Waals surface area contributed by atoms with Gasteiger partial charge in [0.1, 0.15) is 10.8 Å². The summed E-state index contributed by atoms with van der Waals surface area (Å²) in [5.41, 5.74) is 0.118. The molecule has 0 bridgehead atoms. The number of hydrogen-bond donors (Lipinski definition) is 3. The molecule has 1 aliphatic heterocycles. The molecule has 1 saturated heterocycles.